The molecule has 0 aliphatic heterocycles. The molecule has 114 valence electrons. The summed E-state index contributed by atoms with van der Waals surface area (Å²) in [5.74, 6) is -1.89. The predicted molar refractivity (Wildman–Crippen MR) is 71.6 cm³/mol. The molecule has 0 saturated heterocycles. The van der Waals surface area contributed by atoms with Crippen LogP contribution in [0.5, 0.6) is 0 Å². The van der Waals surface area contributed by atoms with E-state index < -0.39 is 38.7 Å². The van der Waals surface area contributed by atoms with Gasteiger partial charge in [-0.05, 0) is 24.5 Å². The minimum Gasteiger partial charge on any atom is -0.391 e. The van der Waals surface area contributed by atoms with E-state index in [1.165, 1.54) is 7.05 Å². The average Bonchev–Trinajstić information content (AvgIpc) is 2.35. The summed E-state index contributed by atoms with van der Waals surface area (Å²) in [7, 11) is -2.69. The van der Waals surface area contributed by atoms with E-state index in [9.17, 15) is 17.2 Å². The van der Waals surface area contributed by atoms with Crippen molar-refractivity contribution in [3.8, 4) is 0 Å². The third-order valence-electron chi connectivity index (χ3n) is 3.02. The van der Waals surface area contributed by atoms with Gasteiger partial charge in [-0.2, -0.15) is 0 Å². The molecule has 0 unspecified atom stereocenters. The Hall–Kier alpha value is -1.05. The lowest BCUT2D eigenvalue weighted by molar-refractivity contribution is 0.267. The predicted octanol–water partition coefficient (Wildman–Crippen LogP) is 2.12. The van der Waals surface area contributed by atoms with E-state index in [1.54, 1.807) is 0 Å². The molecule has 0 amide bonds. The fourth-order valence-electron chi connectivity index (χ4n) is 1.65. The van der Waals surface area contributed by atoms with Gasteiger partial charge in [0.15, 0.2) is 5.82 Å². The summed E-state index contributed by atoms with van der Waals surface area (Å²) in [6.45, 7) is 3.24. The summed E-state index contributed by atoms with van der Waals surface area (Å²) in [4.78, 5) is -0.616. The van der Waals surface area contributed by atoms with Crippen LogP contribution in [0.4, 0.5) is 8.78 Å². The third kappa shape index (κ3) is 3.53. The zero-order valence-electron chi connectivity index (χ0n) is 11.7. The van der Waals surface area contributed by atoms with Crippen molar-refractivity contribution in [1.29, 1.82) is 0 Å². The van der Waals surface area contributed by atoms with Crippen molar-refractivity contribution in [3.05, 3.63) is 29.3 Å². The monoisotopic (exact) mass is 307 g/mol. The van der Waals surface area contributed by atoms with Crippen LogP contribution < -0.4 is 0 Å². The molecular formula is C13H19F2NO3S. The third-order valence-corrected chi connectivity index (χ3v) is 4.89. The summed E-state index contributed by atoms with van der Waals surface area (Å²) >= 11 is 0. The second kappa shape index (κ2) is 6.60. The van der Waals surface area contributed by atoms with Gasteiger partial charge in [0, 0.05) is 13.6 Å². The van der Waals surface area contributed by atoms with Crippen LogP contribution in [-0.4, -0.2) is 31.4 Å². The molecule has 1 rings (SSSR count). The molecular weight excluding hydrogens is 288 g/mol. The lowest BCUT2D eigenvalue weighted by Gasteiger charge is -2.19. The van der Waals surface area contributed by atoms with Crippen LogP contribution >= 0.6 is 0 Å². The smallest absolute Gasteiger partial charge is 0.245 e. The van der Waals surface area contributed by atoms with Gasteiger partial charge in [-0.15, -0.1) is 0 Å². The molecule has 1 aromatic carbocycles. The molecule has 0 bridgehead atoms. The molecule has 20 heavy (non-hydrogen) atoms. The number of halogens is 2. The second-order valence-electron chi connectivity index (χ2n) is 5.01. The Morgan fingerprint density at radius 3 is 2.40 bits per heavy atom. The zero-order chi connectivity index (χ0) is 15.5. The highest BCUT2D eigenvalue weighted by Crippen LogP contribution is 2.23. The van der Waals surface area contributed by atoms with E-state index in [0.29, 0.717) is 12.3 Å². The van der Waals surface area contributed by atoms with Crippen LogP contribution in [0.15, 0.2) is 17.0 Å². The maximum atomic E-state index is 14.0. The van der Waals surface area contributed by atoms with Crippen molar-refractivity contribution < 1.29 is 22.3 Å². The number of nitrogens with zero attached hydrogens (tertiary/aromatic N) is 1. The molecule has 1 N–H and O–H groups in total. The molecule has 7 heteroatoms. The van der Waals surface area contributed by atoms with Gasteiger partial charge in [0.1, 0.15) is 10.7 Å². The maximum absolute atomic E-state index is 14.0. The first-order chi connectivity index (χ1) is 9.21. The summed E-state index contributed by atoms with van der Waals surface area (Å²) in [6, 6.07) is 1.73. The van der Waals surface area contributed by atoms with Crippen LogP contribution in [0, 0.1) is 17.6 Å². The van der Waals surface area contributed by atoms with Crippen LogP contribution in [0.25, 0.3) is 0 Å². The first-order valence-corrected chi connectivity index (χ1v) is 7.69. The maximum Gasteiger partial charge on any atom is 0.245 e. The van der Waals surface area contributed by atoms with Gasteiger partial charge in [0.25, 0.3) is 0 Å². The first-order valence-electron chi connectivity index (χ1n) is 6.25. The first kappa shape index (κ1) is 17.0. The fourth-order valence-corrected chi connectivity index (χ4v) is 2.92. The topological polar surface area (TPSA) is 57.6 Å². The number of hydrogen-bond acceptors (Lipinski definition) is 3. The highest BCUT2D eigenvalue weighted by atomic mass is 32.2. The number of benzene rings is 1. The Kier molecular flexibility index (Phi) is 5.61. The van der Waals surface area contributed by atoms with Crippen molar-refractivity contribution in [2.75, 3.05) is 13.6 Å². The van der Waals surface area contributed by atoms with Crippen molar-refractivity contribution in [2.24, 2.45) is 5.92 Å². The molecule has 0 radical (unpaired) electrons. The summed E-state index contributed by atoms with van der Waals surface area (Å²) in [5, 5.41) is 8.92. The molecule has 0 aromatic heterocycles. The van der Waals surface area contributed by atoms with Crippen molar-refractivity contribution in [1.82, 2.24) is 4.31 Å². The summed E-state index contributed by atoms with van der Waals surface area (Å²) < 4.78 is 52.7. The molecule has 0 spiro atoms. The molecule has 4 nitrogen and oxygen atoms in total. The van der Waals surface area contributed by atoms with Gasteiger partial charge >= 0.3 is 0 Å². The van der Waals surface area contributed by atoms with Gasteiger partial charge in [-0.1, -0.05) is 13.8 Å². The molecule has 1 aromatic rings. The van der Waals surface area contributed by atoms with E-state index in [4.69, 9.17) is 5.11 Å². The van der Waals surface area contributed by atoms with Gasteiger partial charge in [0.2, 0.25) is 10.0 Å². The SMILES string of the molecule is CC(C)CCN(C)S(=O)(=O)c1ccc(F)c(CO)c1F. The lowest BCUT2D eigenvalue weighted by atomic mass is 10.1. The molecule has 0 saturated carbocycles. The van der Waals surface area contributed by atoms with Gasteiger partial charge in [-0.3, -0.25) is 0 Å². The largest absolute Gasteiger partial charge is 0.391 e. The highest BCUT2D eigenvalue weighted by Gasteiger charge is 2.27. The van der Waals surface area contributed by atoms with Crippen LogP contribution in [0.2, 0.25) is 0 Å². The number of hydrogen-bond donors (Lipinski definition) is 1. The summed E-state index contributed by atoms with van der Waals surface area (Å²) in [6.07, 6.45) is 0.630. The molecule has 0 fully saturated rings. The molecule has 0 heterocycles. The summed E-state index contributed by atoms with van der Waals surface area (Å²) in [5.41, 5.74) is -0.636. The normalized spacial score (nSPS) is 12.4. The molecule has 0 aliphatic rings. The number of aliphatic hydroxyl groups is 1. The van der Waals surface area contributed by atoms with E-state index in [2.05, 4.69) is 0 Å². The Morgan fingerprint density at radius 1 is 1.30 bits per heavy atom. The van der Waals surface area contributed by atoms with Gasteiger partial charge < -0.3 is 5.11 Å². The van der Waals surface area contributed by atoms with Gasteiger partial charge in [0.05, 0.1) is 12.2 Å². The Labute approximate surface area is 118 Å². The number of sulfonamides is 1. The van der Waals surface area contributed by atoms with Crippen LogP contribution in [0.1, 0.15) is 25.8 Å². The van der Waals surface area contributed by atoms with E-state index >= 15 is 0 Å². The van der Waals surface area contributed by atoms with Gasteiger partial charge in [-0.25, -0.2) is 21.5 Å². The van der Waals surface area contributed by atoms with Crippen LogP contribution in [-0.2, 0) is 16.6 Å². The van der Waals surface area contributed by atoms with E-state index in [1.807, 2.05) is 13.8 Å². The Balaban J connectivity index is 3.16. The number of aliphatic hydroxyl groups excluding tert-OH is 1. The Morgan fingerprint density at radius 2 is 1.90 bits per heavy atom. The average molecular weight is 307 g/mol. The van der Waals surface area contributed by atoms with E-state index in [-0.39, 0.29) is 6.54 Å². The standard InChI is InChI=1S/C13H19F2NO3S/c1-9(2)6-7-16(3)20(18,19)12-5-4-11(14)10(8-17)13(12)15/h4-5,9,17H,6-8H2,1-3H3. The van der Waals surface area contributed by atoms with Crippen molar-refractivity contribution >= 4 is 10.0 Å². The number of rotatable bonds is 6. The lowest BCUT2D eigenvalue weighted by Crippen LogP contribution is -2.29. The molecule has 0 aliphatic carbocycles. The quantitative estimate of drug-likeness (QED) is 0.876. The minimum absolute atomic E-state index is 0.241. The fraction of sp³-hybridized carbons (Fsp3) is 0.538. The van der Waals surface area contributed by atoms with Crippen molar-refractivity contribution in [3.63, 3.8) is 0 Å². The van der Waals surface area contributed by atoms with E-state index in [0.717, 1.165) is 16.4 Å². The van der Waals surface area contributed by atoms with Crippen LogP contribution in [0.3, 0.4) is 0 Å². The zero-order valence-corrected chi connectivity index (χ0v) is 12.5. The second-order valence-corrected chi connectivity index (χ2v) is 7.02. The Bertz CT molecular complexity index is 573. The van der Waals surface area contributed by atoms with Crippen molar-refractivity contribution in [2.45, 2.75) is 31.8 Å². The highest BCUT2D eigenvalue weighted by molar-refractivity contribution is 7.89. The molecule has 0 atom stereocenters. The minimum atomic E-state index is -4.03.